The van der Waals surface area contributed by atoms with Crippen LogP contribution in [0, 0.1) is 20.8 Å². The van der Waals surface area contributed by atoms with E-state index in [0.717, 1.165) is 50.6 Å². The van der Waals surface area contributed by atoms with Gasteiger partial charge in [0.1, 0.15) is 5.75 Å². The predicted molar refractivity (Wildman–Crippen MR) is 142 cm³/mol. The summed E-state index contributed by atoms with van der Waals surface area (Å²) in [6, 6.07) is 22.3. The number of aromatic nitrogens is 3. The molecule has 0 bridgehead atoms. The first-order valence-electron chi connectivity index (χ1n) is 12.0. The molecule has 1 unspecified atom stereocenters. The van der Waals surface area contributed by atoms with Crippen LogP contribution in [0.5, 0.6) is 5.75 Å². The van der Waals surface area contributed by atoms with E-state index in [-0.39, 0.29) is 11.2 Å². The third-order valence-corrected chi connectivity index (χ3v) is 7.25. The van der Waals surface area contributed by atoms with Gasteiger partial charge in [-0.15, -0.1) is 0 Å². The van der Waals surface area contributed by atoms with Crippen LogP contribution >= 0.6 is 0 Å². The predicted octanol–water partition coefficient (Wildman–Crippen LogP) is 5.10. The minimum Gasteiger partial charge on any atom is -0.477 e. The number of ether oxygens (including phenoxy) is 1. The summed E-state index contributed by atoms with van der Waals surface area (Å²) in [7, 11) is 3.26. The van der Waals surface area contributed by atoms with E-state index in [9.17, 15) is 9.59 Å². The molecule has 0 aliphatic carbocycles. The molecule has 5 aromatic rings. The smallest absolute Gasteiger partial charge is 0.331 e. The molecule has 36 heavy (non-hydrogen) atoms. The summed E-state index contributed by atoms with van der Waals surface area (Å²) in [6.07, 6.45) is -0.499. The monoisotopic (exact) mass is 477 g/mol. The van der Waals surface area contributed by atoms with Gasteiger partial charge in [0, 0.05) is 19.7 Å². The number of hydrogen-bond donors (Lipinski definition) is 0. The lowest BCUT2D eigenvalue weighted by Gasteiger charge is -2.31. The highest BCUT2D eigenvalue weighted by Gasteiger charge is 2.36. The Morgan fingerprint density at radius 1 is 0.806 bits per heavy atom. The largest absolute Gasteiger partial charge is 0.477 e. The highest BCUT2D eigenvalue weighted by molar-refractivity contribution is 5.98. The van der Waals surface area contributed by atoms with E-state index in [2.05, 4.69) is 23.6 Å². The quantitative estimate of drug-likeness (QED) is 0.355. The molecule has 1 aliphatic rings. The standard InChI is InChI=1S/C30H27N3O3/c1-17-10-13-20(14-11-17)25-24-26(31(4)30(35)32(5)29(24)34)27-28(21-9-7-6-8-19(21)3)36-23-15-12-18(2)16-22(23)33(25)27/h6-16,28H,1-5H3. The summed E-state index contributed by atoms with van der Waals surface area (Å²) in [5, 5.41) is 0.509. The first kappa shape index (κ1) is 22.2. The normalized spacial score (nSPS) is 14.4. The SMILES string of the molecule is Cc1ccc(-c2c3c(=O)n(C)c(=O)n(C)c3c3n2-c2cc(C)ccc2OC3c2ccccc2C)cc1. The van der Waals surface area contributed by atoms with Crippen molar-refractivity contribution in [2.24, 2.45) is 14.1 Å². The molecule has 0 amide bonds. The fraction of sp³-hybridized carbons (Fsp3) is 0.200. The fourth-order valence-corrected chi connectivity index (χ4v) is 5.35. The number of fused-ring (bicyclic) bond motifs is 5. The molecule has 0 fully saturated rings. The maximum atomic E-state index is 13.8. The summed E-state index contributed by atoms with van der Waals surface area (Å²) in [6.45, 7) is 6.13. The molecule has 2 aromatic heterocycles. The van der Waals surface area contributed by atoms with E-state index >= 15 is 0 Å². The zero-order chi connectivity index (χ0) is 25.3. The van der Waals surface area contributed by atoms with Crippen LogP contribution in [0.1, 0.15) is 34.1 Å². The van der Waals surface area contributed by atoms with Crippen LogP contribution in [-0.2, 0) is 14.1 Å². The van der Waals surface area contributed by atoms with Crippen LogP contribution < -0.4 is 16.0 Å². The average molecular weight is 478 g/mol. The lowest BCUT2D eigenvalue weighted by Crippen LogP contribution is -2.37. The van der Waals surface area contributed by atoms with Crippen molar-refractivity contribution in [3.8, 4) is 22.7 Å². The molecular formula is C30H27N3O3. The Kier molecular flexibility index (Phi) is 4.83. The van der Waals surface area contributed by atoms with Crippen molar-refractivity contribution >= 4 is 10.9 Å². The van der Waals surface area contributed by atoms with E-state index < -0.39 is 6.10 Å². The van der Waals surface area contributed by atoms with Crippen LogP contribution in [0.3, 0.4) is 0 Å². The van der Waals surface area contributed by atoms with E-state index in [1.165, 1.54) is 11.6 Å². The van der Waals surface area contributed by atoms with Crippen molar-refractivity contribution in [2.45, 2.75) is 26.9 Å². The summed E-state index contributed by atoms with van der Waals surface area (Å²) in [4.78, 5) is 26.9. The molecule has 1 aliphatic heterocycles. The van der Waals surface area contributed by atoms with Gasteiger partial charge >= 0.3 is 5.69 Å². The Hall–Kier alpha value is -4.32. The highest BCUT2D eigenvalue weighted by atomic mass is 16.5. The number of nitrogens with zero attached hydrogens (tertiary/aromatic N) is 3. The summed E-state index contributed by atoms with van der Waals surface area (Å²) in [5.41, 5.74) is 7.50. The third-order valence-electron chi connectivity index (χ3n) is 7.25. The van der Waals surface area contributed by atoms with Gasteiger partial charge in [0.15, 0.2) is 6.10 Å². The van der Waals surface area contributed by atoms with Crippen LogP contribution in [-0.4, -0.2) is 13.7 Å². The first-order chi connectivity index (χ1) is 17.3. The molecule has 6 rings (SSSR count). The van der Waals surface area contributed by atoms with Crippen LogP contribution in [0.15, 0.2) is 76.3 Å². The molecule has 3 aromatic carbocycles. The van der Waals surface area contributed by atoms with E-state index in [1.54, 1.807) is 11.6 Å². The van der Waals surface area contributed by atoms with Crippen molar-refractivity contribution in [3.63, 3.8) is 0 Å². The Balaban J connectivity index is 1.88. The van der Waals surface area contributed by atoms with Crippen molar-refractivity contribution in [3.05, 3.63) is 116 Å². The van der Waals surface area contributed by atoms with Gasteiger partial charge in [-0.25, -0.2) is 4.79 Å². The van der Waals surface area contributed by atoms with Crippen LogP contribution in [0.2, 0.25) is 0 Å². The lowest BCUT2D eigenvalue weighted by atomic mass is 9.98. The summed E-state index contributed by atoms with van der Waals surface area (Å²) < 4.78 is 11.6. The highest BCUT2D eigenvalue weighted by Crippen LogP contribution is 2.47. The number of hydrogen-bond acceptors (Lipinski definition) is 3. The minimum absolute atomic E-state index is 0.316. The Bertz CT molecular complexity index is 1800. The van der Waals surface area contributed by atoms with E-state index in [4.69, 9.17) is 4.74 Å². The van der Waals surface area contributed by atoms with Gasteiger partial charge in [0.05, 0.1) is 28.0 Å². The molecule has 0 saturated carbocycles. The first-order valence-corrected chi connectivity index (χ1v) is 12.0. The second-order valence-corrected chi connectivity index (χ2v) is 9.69. The number of rotatable bonds is 2. The lowest BCUT2D eigenvalue weighted by molar-refractivity contribution is 0.228. The molecule has 1 atom stereocenters. The van der Waals surface area contributed by atoms with Gasteiger partial charge < -0.3 is 9.30 Å². The maximum absolute atomic E-state index is 13.8. The van der Waals surface area contributed by atoms with Gasteiger partial charge in [-0.2, -0.15) is 0 Å². The molecule has 0 radical (unpaired) electrons. The molecule has 3 heterocycles. The van der Waals surface area contributed by atoms with Crippen LogP contribution in [0.25, 0.3) is 27.8 Å². The minimum atomic E-state index is -0.499. The molecule has 6 nitrogen and oxygen atoms in total. The van der Waals surface area contributed by atoms with E-state index in [0.29, 0.717) is 10.9 Å². The van der Waals surface area contributed by atoms with Crippen molar-refractivity contribution < 1.29 is 4.74 Å². The summed E-state index contributed by atoms with van der Waals surface area (Å²) >= 11 is 0. The average Bonchev–Trinajstić information content (AvgIpc) is 3.23. The molecule has 0 saturated heterocycles. The molecule has 180 valence electrons. The van der Waals surface area contributed by atoms with Crippen molar-refractivity contribution in [1.29, 1.82) is 0 Å². The third kappa shape index (κ3) is 3.04. The number of aryl methyl sites for hydroxylation is 4. The number of benzene rings is 3. The zero-order valence-corrected chi connectivity index (χ0v) is 21.0. The van der Waals surface area contributed by atoms with Gasteiger partial charge in [-0.05, 0) is 49.6 Å². The second-order valence-electron chi connectivity index (χ2n) is 9.69. The van der Waals surface area contributed by atoms with Gasteiger partial charge in [0.25, 0.3) is 5.56 Å². The van der Waals surface area contributed by atoms with Gasteiger partial charge in [0.2, 0.25) is 0 Å². The fourth-order valence-electron chi connectivity index (χ4n) is 5.35. The molecular weight excluding hydrogens is 450 g/mol. The van der Waals surface area contributed by atoms with E-state index in [1.807, 2.05) is 68.4 Å². The Labute approximate surface area is 208 Å². The Morgan fingerprint density at radius 3 is 2.22 bits per heavy atom. The van der Waals surface area contributed by atoms with Gasteiger partial charge in [-0.1, -0.05) is 60.2 Å². The maximum Gasteiger partial charge on any atom is 0.331 e. The topological polar surface area (TPSA) is 58.2 Å². The van der Waals surface area contributed by atoms with Crippen LogP contribution in [0.4, 0.5) is 0 Å². The van der Waals surface area contributed by atoms with Crippen molar-refractivity contribution in [2.75, 3.05) is 0 Å². The summed E-state index contributed by atoms with van der Waals surface area (Å²) in [5.74, 6) is 0.733. The second kappa shape index (κ2) is 7.85. The molecule has 0 N–H and O–H groups in total. The molecule has 0 spiro atoms. The van der Waals surface area contributed by atoms with Crippen molar-refractivity contribution in [1.82, 2.24) is 13.7 Å². The van der Waals surface area contributed by atoms with Gasteiger partial charge in [-0.3, -0.25) is 13.9 Å². The Morgan fingerprint density at radius 2 is 1.50 bits per heavy atom. The zero-order valence-electron chi connectivity index (χ0n) is 21.0. The molecule has 6 heteroatoms.